The van der Waals surface area contributed by atoms with Gasteiger partial charge in [-0.2, -0.15) is 5.10 Å². The maximum atomic E-state index is 6.73. The molecule has 0 radical (unpaired) electrons. The molecule has 0 amide bonds. The summed E-state index contributed by atoms with van der Waals surface area (Å²) in [5, 5.41) is 6.23. The van der Waals surface area contributed by atoms with E-state index in [1.54, 1.807) is 11.8 Å². The molecule has 1 aliphatic heterocycles. The highest BCUT2D eigenvalue weighted by molar-refractivity contribution is 9.10. The van der Waals surface area contributed by atoms with Crippen LogP contribution in [0.25, 0.3) is 0 Å². The molecule has 1 fully saturated rings. The summed E-state index contributed by atoms with van der Waals surface area (Å²) in [6.07, 6.45) is 5.99. The quantitative estimate of drug-likeness (QED) is 0.473. The van der Waals surface area contributed by atoms with Crippen LogP contribution in [0, 0.1) is 12.8 Å². The number of hydrogen-bond acceptors (Lipinski definition) is 5. The normalized spacial score (nSPS) is 17.7. The Labute approximate surface area is 166 Å². The lowest BCUT2D eigenvalue weighted by Gasteiger charge is -2.27. The molecule has 2 aromatic heterocycles. The van der Waals surface area contributed by atoms with E-state index in [9.17, 15) is 0 Å². The maximum Gasteiger partial charge on any atom is 0.189 e. The molecule has 136 valence electrons. The van der Waals surface area contributed by atoms with E-state index < -0.39 is 0 Å². The number of hydrogen-bond donors (Lipinski definition) is 0. The largest absolute Gasteiger partial charge is 0.348 e. The van der Waals surface area contributed by atoms with Gasteiger partial charge in [0.25, 0.3) is 0 Å². The van der Waals surface area contributed by atoms with E-state index in [-0.39, 0.29) is 6.04 Å². The first-order chi connectivity index (χ1) is 11.9. The van der Waals surface area contributed by atoms with Gasteiger partial charge in [-0.3, -0.25) is 4.68 Å². The lowest BCUT2D eigenvalue weighted by molar-refractivity contribution is 0.481. The van der Waals surface area contributed by atoms with Gasteiger partial charge in [0, 0.05) is 24.8 Å². The molecule has 3 rings (SSSR count). The Morgan fingerprint density at radius 1 is 1.44 bits per heavy atom. The van der Waals surface area contributed by atoms with Crippen molar-refractivity contribution in [2.24, 2.45) is 5.92 Å². The summed E-state index contributed by atoms with van der Waals surface area (Å²) in [5.74, 6) is 1.44. The van der Waals surface area contributed by atoms with Crippen molar-refractivity contribution in [3.8, 4) is 0 Å². The van der Waals surface area contributed by atoms with Crippen molar-refractivity contribution in [2.45, 2.75) is 51.4 Å². The Balaban J connectivity index is 1.99. The van der Waals surface area contributed by atoms with Crippen LogP contribution < -0.4 is 4.90 Å². The zero-order valence-electron chi connectivity index (χ0n) is 15.0. The van der Waals surface area contributed by atoms with Gasteiger partial charge >= 0.3 is 0 Å². The molecule has 3 heterocycles. The first kappa shape index (κ1) is 19.0. The van der Waals surface area contributed by atoms with Gasteiger partial charge in [-0.25, -0.2) is 9.97 Å². The third-order valence-electron chi connectivity index (χ3n) is 4.39. The number of halogens is 2. The number of thioether (sulfide) groups is 1. The Hall–Kier alpha value is -0.790. The minimum Gasteiger partial charge on any atom is -0.348 e. The van der Waals surface area contributed by atoms with Gasteiger partial charge in [0.1, 0.15) is 11.0 Å². The Morgan fingerprint density at radius 2 is 2.20 bits per heavy atom. The van der Waals surface area contributed by atoms with Gasteiger partial charge in [0.2, 0.25) is 0 Å². The van der Waals surface area contributed by atoms with Crippen molar-refractivity contribution in [2.75, 3.05) is 17.7 Å². The standard InChI is InChI=1S/C17H23BrClN5S/c1-10(2)9-24-15(19)14(11(3)22-24)13-6-5-7-23(13)16-12(18)8-20-17(21-16)25-4/h8,10,13H,5-7,9H2,1-4H3. The van der Waals surface area contributed by atoms with E-state index in [2.05, 4.69) is 51.7 Å². The summed E-state index contributed by atoms with van der Waals surface area (Å²) in [6.45, 7) is 8.20. The molecule has 0 N–H and O–H groups in total. The molecule has 1 atom stereocenters. The lowest BCUT2D eigenvalue weighted by atomic mass is 10.1. The van der Waals surface area contributed by atoms with E-state index in [0.717, 1.165) is 57.8 Å². The van der Waals surface area contributed by atoms with E-state index in [1.807, 2.05) is 17.1 Å². The summed E-state index contributed by atoms with van der Waals surface area (Å²) in [4.78, 5) is 11.4. The maximum absolute atomic E-state index is 6.73. The summed E-state index contributed by atoms with van der Waals surface area (Å²) >= 11 is 11.9. The van der Waals surface area contributed by atoms with Crippen molar-refractivity contribution >= 4 is 45.1 Å². The molecule has 0 bridgehead atoms. The molecule has 8 heteroatoms. The molecule has 1 unspecified atom stereocenters. The highest BCUT2D eigenvalue weighted by Crippen LogP contribution is 2.42. The van der Waals surface area contributed by atoms with Crippen molar-refractivity contribution in [1.82, 2.24) is 19.7 Å². The molecule has 5 nitrogen and oxygen atoms in total. The van der Waals surface area contributed by atoms with Crippen LogP contribution >= 0.6 is 39.3 Å². The van der Waals surface area contributed by atoms with Crippen LogP contribution in [-0.4, -0.2) is 32.5 Å². The van der Waals surface area contributed by atoms with E-state index in [0.29, 0.717) is 5.92 Å². The zero-order chi connectivity index (χ0) is 18.1. The number of nitrogens with zero attached hydrogens (tertiary/aromatic N) is 5. The van der Waals surface area contributed by atoms with Crippen LogP contribution in [0.1, 0.15) is 44.0 Å². The van der Waals surface area contributed by atoms with E-state index in [4.69, 9.17) is 16.6 Å². The van der Waals surface area contributed by atoms with Crippen LogP contribution in [0.15, 0.2) is 15.8 Å². The fourth-order valence-electron chi connectivity index (χ4n) is 3.38. The fourth-order valence-corrected chi connectivity index (χ4v) is 4.50. The van der Waals surface area contributed by atoms with Crippen LogP contribution in [-0.2, 0) is 6.54 Å². The van der Waals surface area contributed by atoms with E-state index in [1.165, 1.54) is 0 Å². The van der Waals surface area contributed by atoms with Crippen LogP contribution in [0.4, 0.5) is 5.82 Å². The fraction of sp³-hybridized carbons (Fsp3) is 0.588. The average Bonchev–Trinajstić information content (AvgIpc) is 3.12. The Morgan fingerprint density at radius 3 is 2.88 bits per heavy atom. The molecule has 1 saturated heterocycles. The molecule has 25 heavy (non-hydrogen) atoms. The predicted octanol–water partition coefficient (Wildman–Crippen LogP) is 5.12. The Kier molecular flexibility index (Phi) is 5.96. The molecule has 0 aromatic carbocycles. The molecule has 1 aliphatic rings. The zero-order valence-corrected chi connectivity index (χ0v) is 18.1. The van der Waals surface area contributed by atoms with Gasteiger partial charge in [-0.15, -0.1) is 0 Å². The van der Waals surface area contributed by atoms with E-state index >= 15 is 0 Å². The van der Waals surface area contributed by atoms with Crippen LogP contribution in [0.3, 0.4) is 0 Å². The number of rotatable bonds is 5. The number of aromatic nitrogens is 4. The molecule has 2 aromatic rings. The molecule has 0 saturated carbocycles. The van der Waals surface area contributed by atoms with Crippen molar-refractivity contribution in [3.63, 3.8) is 0 Å². The third-order valence-corrected chi connectivity index (χ3v) is 5.91. The molecular formula is C17H23BrClN5S. The minimum absolute atomic E-state index is 0.203. The van der Waals surface area contributed by atoms with Crippen LogP contribution in [0.2, 0.25) is 5.15 Å². The monoisotopic (exact) mass is 443 g/mol. The Bertz CT molecular complexity index is 764. The van der Waals surface area contributed by atoms with Gasteiger partial charge in [-0.05, 0) is 47.9 Å². The summed E-state index contributed by atoms with van der Waals surface area (Å²) < 4.78 is 2.86. The van der Waals surface area contributed by atoms with Gasteiger partial charge in [0.15, 0.2) is 5.16 Å². The van der Waals surface area contributed by atoms with Gasteiger partial charge in [-0.1, -0.05) is 37.2 Å². The number of aryl methyl sites for hydroxylation is 1. The number of anilines is 1. The van der Waals surface area contributed by atoms with Crippen LogP contribution in [0.5, 0.6) is 0 Å². The average molecular weight is 445 g/mol. The highest BCUT2D eigenvalue weighted by Gasteiger charge is 2.33. The first-order valence-corrected chi connectivity index (χ1v) is 10.9. The van der Waals surface area contributed by atoms with Crippen molar-refractivity contribution < 1.29 is 0 Å². The predicted molar refractivity (Wildman–Crippen MR) is 108 cm³/mol. The summed E-state index contributed by atoms with van der Waals surface area (Å²) in [7, 11) is 0. The third kappa shape index (κ3) is 3.83. The minimum atomic E-state index is 0.203. The second-order valence-electron chi connectivity index (χ2n) is 6.75. The molecule has 0 spiro atoms. The van der Waals surface area contributed by atoms with Gasteiger partial charge < -0.3 is 4.90 Å². The molecule has 0 aliphatic carbocycles. The van der Waals surface area contributed by atoms with Crippen molar-refractivity contribution in [3.05, 3.63) is 27.1 Å². The highest BCUT2D eigenvalue weighted by atomic mass is 79.9. The second kappa shape index (κ2) is 7.84. The summed E-state index contributed by atoms with van der Waals surface area (Å²) in [6, 6.07) is 0.203. The van der Waals surface area contributed by atoms with Crippen molar-refractivity contribution in [1.29, 1.82) is 0 Å². The SMILES string of the molecule is CSc1ncc(Br)c(N2CCCC2c2c(C)nn(CC(C)C)c2Cl)n1. The van der Waals surface area contributed by atoms with Gasteiger partial charge in [0.05, 0.1) is 16.2 Å². The topological polar surface area (TPSA) is 46.8 Å². The smallest absolute Gasteiger partial charge is 0.189 e. The first-order valence-electron chi connectivity index (χ1n) is 8.48. The molecular weight excluding hydrogens is 422 g/mol. The summed E-state index contributed by atoms with van der Waals surface area (Å²) in [5.41, 5.74) is 2.15. The second-order valence-corrected chi connectivity index (χ2v) is 8.73. The lowest BCUT2D eigenvalue weighted by Crippen LogP contribution is -2.25.